The lowest BCUT2D eigenvalue weighted by Gasteiger charge is -2.16. The Morgan fingerprint density at radius 1 is 0.357 bits per heavy atom. The van der Waals surface area contributed by atoms with Gasteiger partial charge in [-0.15, -0.1) is 11.3 Å². The van der Waals surface area contributed by atoms with Crippen LogP contribution in [0.2, 0.25) is 0 Å². The van der Waals surface area contributed by atoms with Crippen molar-refractivity contribution in [3.05, 3.63) is 194 Å². The van der Waals surface area contributed by atoms with Crippen molar-refractivity contribution < 1.29 is 0 Å². The summed E-state index contributed by atoms with van der Waals surface area (Å²) in [5.41, 5.74) is 10.8. The minimum atomic E-state index is 0.625. The predicted molar refractivity (Wildman–Crippen MR) is 234 cm³/mol. The summed E-state index contributed by atoms with van der Waals surface area (Å²) in [7, 11) is 0. The van der Waals surface area contributed by atoms with Crippen molar-refractivity contribution in [1.29, 1.82) is 0 Å². The molecule has 262 valence electrons. The van der Waals surface area contributed by atoms with Crippen LogP contribution in [0.1, 0.15) is 0 Å². The number of rotatable bonds is 6. The molecular formula is C51H32N4S. The molecule has 0 atom stereocenters. The number of hydrogen-bond acceptors (Lipinski definition) is 4. The highest BCUT2D eigenvalue weighted by atomic mass is 32.1. The fraction of sp³-hybridized carbons (Fsp3) is 0. The van der Waals surface area contributed by atoms with Crippen molar-refractivity contribution in [2.75, 3.05) is 0 Å². The molecule has 0 bridgehead atoms. The third kappa shape index (κ3) is 5.40. The van der Waals surface area contributed by atoms with Crippen molar-refractivity contribution >= 4 is 53.3 Å². The second-order valence-electron chi connectivity index (χ2n) is 14.0. The van der Waals surface area contributed by atoms with Crippen molar-refractivity contribution in [3.63, 3.8) is 0 Å². The molecule has 0 amide bonds. The maximum absolute atomic E-state index is 5.18. The molecule has 0 N–H and O–H groups in total. The van der Waals surface area contributed by atoms with Crippen LogP contribution < -0.4 is 0 Å². The first-order valence-corrected chi connectivity index (χ1v) is 19.6. The topological polar surface area (TPSA) is 43.6 Å². The van der Waals surface area contributed by atoms with Gasteiger partial charge in [-0.2, -0.15) is 0 Å². The number of thiophene rings is 1. The Morgan fingerprint density at radius 3 is 1.59 bits per heavy atom. The fourth-order valence-electron chi connectivity index (χ4n) is 8.01. The highest BCUT2D eigenvalue weighted by molar-refractivity contribution is 7.26. The van der Waals surface area contributed by atoms with Crippen molar-refractivity contribution in [2.45, 2.75) is 0 Å². The average molecular weight is 733 g/mol. The minimum Gasteiger partial charge on any atom is -0.308 e. The van der Waals surface area contributed by atoms with Crippen LogP contribution in [-0.2, 0) is 0 Å². The lowest BCUT2D eigenvalue weighted by molar-refractivity contribution is 1.07. The van der Waals surface area contributed by atoms with E-state index in [9.17, 15) is 0 Å². The number of nitrogens with zero attached hydrogens (tertiary/aromatic N) is 4. The molecule has 0 saturated carbocycles. The van der Waals surface area contributed by atoms with Crippen molar-refractivity contribution in [3.8, 4) is 62.1 Å². The summed E-state index contributed by atoms with van der Waals surface area (Å²) in [5.74, 6) is 1.90. The van der Waals surface area contributed by atoms with Crippen LogP contribution in [0.25, 0.3) is 104 Å². The van der Waals surface area contributed by atoms with Gasteiger partial charge in [-0.3, -0.25) is 0 Å². The maximum Gasteiger partial charge on any atom is 0.164 e. The highest BCUT2D eigenvalue weighted by Crippen LogP contribution is 2.44. The molecule has 4 nitrogen and oxygen atoms in total. The molecule has 0 radical (unpaired) electrons. The fourth-order valence-corrected chi connectivity index (χ4v) is 9.25. The molecule has 56 heavy (non-hydrogen) atoms. The molecule has 0 aliphatic rings. The molecular weight excluding hydrogens is 701 g/mol. The summed E-state index contributed by atoms with van der Waals surface area (Å²) in [6.07, 6.45) is 0. The molecule has 0 aliphatic carbocycles. The Morgan fingerprint density at radius 2 is 0.893 bits per heavy atom. The van der Waals surface area contributed by atoms with Crippen LogP contribution in [0.5, 0.6) is 0 Å². The molecule has 3 heterocycles. The van der Waals surface area contributed by atoms with E-state index in [0.29, 0.717) is 17.5 Å². The van der Waals surface area contributed by atoms with E-state index >= 15 is 0 Å². The first-order valence-electron chi connectivity index (χ1n) is 18.8. The van der Waals surface area contributed by atoms with Gasteiger partial charge in [0.2, 0.25) is 0 Å². The zero-order chi connectivity index (χ0) is 37.0. The Kier molecular flexibility index (Phi) is 7.64. The second kappa shape index (κ2) is 13.3. The smallest absolute Gasteiger partial charge is 0.164 e. The van der Waals surface area contributed by atoms with Gasteiger partial charge < -0.3 is 4.57 Å². The number of aromatic nitrogens is 4. The highest BCUT2D eigenvalue weighted by Gasteiger charge is 2.21. The van der Waals surface area contributed by atoms with E-state index in [1.165, 1.54) is 53.1 Å². The standard InChI is InChI=1S/C51H32N4S/c1-4-14-33(15-5-1)34-24-26-35(27-25-34)44-32-38(28-29-43(44)51-53-49(36-16-6-2-7-17-36)52-50(54-51)37-18-8-3-9-19-37)55-45-22-12-10-20-39(45)41-30-31-42-40-21-11-13-23-46(40)56-48(42)47(41)55/h1-32H. The van der Waals surface area contributed by atoms with Gasteiger partial charge >= 0.3 is 0 Å². The monoisotopic (exact) mass is 732 g/mol. The van der Waals surface area contributed by atoms with Crippen LogP contribution >= 0.6 is 11.3 Å². The van der Waals surface area contributed by atoms with Gasteiger partial charge in [-0.05, 0) is 52.6 Å². The second-order valence-corrected chi connectivity index (χ2v) is 15.1. The largest absolute Gasteiger partial charge is 0.308 e. The number of fused-ring (bicyclic) bond motifs is 7. The Balaban J connectivity index is 1.18. The van der Waals surface area contributed by atoms with E-state index in [0.717, 1.165) is 33.5 Å². The lowest BCUT2D eigenvalue weighted by atomic mass is 9.95. The Hall–Kier alpha value is -7.21. The van der Waals surface area contributed by atoms with Gasteiger partial charge in [-0.1, -0.05) is 164 Å². The van der Waals surface area contributed by atoms with Gasteiger partial charge in [0.15, 0.2) is 17.5 Å². The molecule has 11 rings (SSSR count). The molecule has 0 saturated heterocycles. The summed E-state index contributed by atoms with van der Waals surface area (Å²) in [4.78, 5) is 15.4. The van der Waals surface area contributed by atoms with Gasteiger partial charge in [0.1, 0.15) is 0 Å². The lowest BCUT2D eigenvalue weighted by Crippen LogP contribution is -2.02. The van der Waals surface area contributed by atoms with Crippen molar-refractivity contribution in [2.24, 2.45) is 0 Å². The summed E-state index contributed by atoms with van der Waals surface area (Å²) in [6, 6.07) is 68.5. The normalized spacial score (nSPS) is 11.6. The van der Waals surface area contributed by atoms with Crippen LogP contribution in [0.15, 0.2) is 194 Å². The third-order valence-electron chi connectivity index (χ3n) is 10.7. The zero-order valence-electron chi connectivity index (χ0n) is 30.2. The summed E-state index contributed by atoms with van der Waals surface area (Å²) >= 11 is 1.87. The zero-order valence-corrected chi connectivity index (χ0v) is 31.0. The third-order valence-corrected chi connectivity index (χ3v) is 11.9. The summed E-state index contributed by atoms with van der Waals surface area (Å²) in [6.45, 7) is 0. The Bertz CT molecular complexity index is 3160. The molecule has 8 aromatic carbocycles. The molecule has 11 aromatic rings. The number of hydrogen-bond donors (Lipinski definition) is 0. The van der Waals surface area contributed by atoms with Gasteiger partial charge in [0, 0.05) is 48.6 Å². The summed E-state index contributed by atoms with van der Waals surface area (Å²) < 4.78 is 5.03. The minimum absolute atomic E-state index is 0.625. The van der Waals surface area contributed by atoms with E-state index in [4.69, 9.17) is 15.0 Å². The first kappa shape index (κ1) is 32.2. The van der Waals surface area contributed by atoms with Crippen LogP contribution in [-0.4, -0.2) is 19.5 Å². The molecule has 5 heteroatoms. The van der Waals surface area contributed by atoms with E-state index in [1.54, 1.807) is 0 Å². The number of benzene rings is 8. The van der Waals surface area contributed by atoms with E-state index in [1.807, 2.05) is 47.7 Å². The van der Waals surface area contributed by atoms with Crippen LogP contribution in [0.3, 0.4) is 0 Å². The molecule has 3 aromatic heterocycles. The molecule has 0 aliphatic heterocycles. The Labute approximate surface area is 327 Å². The summed E-state index contributed by atoms with van der Waals surface area (Å²) in [5, 5.41) is 5.05. The molecule has 0 spiro atoms. The van der Waals surface area contributed by atoms with Gasteiger partial charge in [0.25, 0.3) is 0 Å². The van der Waals surface area contributed by atoms with Crippen LogP contribution in [0, 0.1) is 0 Å². The average Bonchev–Trinajstić information content (AvgIpc) is 3.83. The van der Waals surface area contributed by atoms with Crippen LogP contribution in [0.4, 0.5) is 0 Å². The van der Waals surface area contributed by atoms with Crippen molar-refractivity contribution in [1.82, 2.24) is 19.5 Å². The molecule has 0 fully saturated rings. The van der Waals surface area contributed by atoms with E-state index in [-0.39, 0.29) is 0 Å². The van der Waals surface area contributed by atoms with Gasteiger partial charge in [0.05, 0.1) is 15.7 Å². The number of para-hydroxylation sites is 1. The van der Waals surface area contributed by atoms with E-state index < -0.39 is 0 Å². The quantitative estimate of drug-likeness (QED) is 0.171. The SMILES string of the molecule is c1ccc(-c2ccc(-c3cc(-n4c5ccccc5c5ccc6c7ccccc7sc6c54)ccc3-c3nc(-c4ccccc4)nc(-c4ccccc4)n3)cc2)cc1. The predicted octanol–water partition coefficient (Wildman–Crippen LogP) is 13.7. The maximum atomic E-state index is 5.18. The van der Waals surface area contributed by atoms with Gasteiger partial charge in [-0.25, -0.2) is 15.0 Å². The molecule has 0 unspecified atom stereocenters. The first-order chi connectivity index (χ1) is 27.8. The van der Waals surface area contributed by atoms with E-state index in [2.05, 4.69) is 162 Å².